The van der Waals surface area contributed by atoms with E-state index in [0.717, 1.165) is 11.4 Å². The van der Waals surface area contributed by atoms with Crippen LogP contribution in [-0.2, 0) is 4.79 Å². The third-order valence-corrected chi connectivity index (χ3v) is 2.25. The summed E-state index contributed by atoms with van der Waals surface area (Å²) in [4.78, 5) is 13.1. The third kappa shape index (κ3) is 1.44. The predicted molar refractivity (Wildman–Crippen MR) is 54.4 cm³/mol. The van der Waals surface area contributed by atoms with Crippen LogP contribution in [0.2, 0.25) is 0 Å². The molecule has 4 nitrogen and oxygen atoms in total. The van der Waals surface area contributed by atoms with Crippen molar-refractivity contribution in [2.45, 2.75) is 0 Å². The SMILES string of the molecule is O=C1CNc2ccccc2N1CCO. The maximum Gasteiger partial charge on any atom is 0.246 e. The lowest BCUT2D eigenvalue weighted by Crippen LogP contribution is -2.41. The van der Waals surface area contributed by atoms with Gasteiger partial charge in [0.15, 0.2) is 0 Å². The molecular weight excluding hydrogens is 180 g/mol. The van der Waals surface area contributed by atoms with Crippen molar-refractivity contribution in [3.8, 4) is 0 Å². The molecule has 1 amide bonds. The molecule has 1 aromatic rings. The third-order valence-electron chi connectivity index (χ3n) is 2.25. The average Bonchev–Trinajstić information content (AvgIpc) is 2.23. The summed E-state index contributed by atoms with van der Waals surface area (Å²) in [7, 11) is 0. The van der Waals surface area contributed by atoms with E-state index in [1.165, 1.54) is 0 Å². The monoisotopic (exact) mass is 192 g/mol. The largest absolute Gasteiger partial charge is 0.395 e. The lowest BCUT2D eigenvalue weighted by molar-refractivity contribution is -0.117. The van der Waals surface area contributed by atoms with Crippen LogP contribution in [0.4, 0.5) is 11.4 Å². The first kappa shape index (κ1) is 9.02. The van der Waals surface area contributed by atoms with Gasteiger partial charge >= 0.3 is 0 Å². The quantitative estimate of drug-likeness (QED) is 0.714. The number of rotatable bonds is 2. The standard InChI is InChI=1S/C10H12N2O2/c13-6-5-12-9-4-2-1-3-8(9)11-7-10(12)14/h1-4,11,13H,5-7H2. The molecule has 2 N–H and O–H groups in total. The molecule has 0 aromatic heterocycles. The second-order valence-corrected chi connectivity index (χ2v) is 3.14. The molecular formula is C10H12N2O2. The molecule has 0 unspecified atom stereocenters. The Bertz CT molecular complexity index is 352. The van der Waals surface area contributed by atoms with Crippen LogP contribution in [0.15, 0.2) is 24.3 Å². The predicted octanol–water partition coefficient (Wildman–Crippen LogP) is 0.437. The fourth-order valence-electron chi connectivity index (χ4n) is 1.60. The van der Waals surface area contributed by atoms with Crippen molar-refractivity contribution in [3.05, 3.63) is 24.3 Å². The molecule has 0 aliphatic carbocycles. The van der Waals surface area contributed by atoms with E-state index in [1.807, 2.05) is 24.3 Å². The van der Waals surface area contributed by atoms with Gasteiger partial charge in [-0.25, -0.2) is 0 Å². The van der Waals surface area contributed by atoms with E-state index < -0.39 is 0 Å². The van der Waals surface area contributed by atoms with Crippen molar-refractivity contribution in [2.24, 2.45) is 0 Å². The van der Waals surface area contributed by atoms with Crippen molar-refractivity contribution in [1.82, 2.24) is 0 Å². The highest BCUT2D eigenvalue weighted by Gasteiger charge is 2.22. The van der Waals surface area contributed by atoms with Gasteiger partial charge in [0, 0.05) is 6.54 Å². The molecule has 1 heterocycles. The number of benzene rings is 1. The number of para-hydroxylation sites is 2. The number of fused-ring (bicyclic) bond motifs is 1. The number of hydrogen-bond donors (Lipinski definition) is 2. The summed E-state index contributed by atoms with van der Waals surface area (Å²) >= 11 is 0. The number of nitrogens with zero attached hydrogens (tertiary/aromatic N) is 1. The summed E-state index contributed by atoms with van der Waals surface area (Å²) in [6.07, 6.45) is 0. The Morgan fingerprint density at radius 3 is 3.00 bits per heavy atom. The fourth-order valence-corrected chi connectivity index (χ4v) is 1.60. The maximum atomic E-state index is 11.5. The molecule has 2 rings (SSSR count). The normalized spacial score (nSPS) is 14.9. The number of aliphatic hydroxyl groups excluding tert-OH is 1. The Morgan fingerprint density at radius 1 is 1.43 bits per heavy atom. The summed E-state index contributed by atoms with van der Waals surface area (Å²) < 4.78 is 0. The molecule has 1 aliphatic rings. The number of aliphatic hydroxyl groups is 1. The number of nitrogens with one attached hydrogen (secondary N) is 1. The van der Waals surface area contributed by atoms with Gasteiger partial charge in [0.1, 0.15) is 0 Å². The smallest absolute Gasteiger partial charge is 0.246 e. The molecule has 0 saturated heterocycles. The number of carbonyl (C=O) groups is 1. The van der Waals surface area contributed by atoms with Crippen molar-refractivity contribution >= 4 is 17.3 Å². The van der Waals surface area contributed by atoms with Gasteiger partial charge in [-0.2, -0.15) is 0 Å². The maximum absolute atomic E-state index is 11.5. The summed E-state index contributed by atoms with van der Waals surface area (Å²) in [5.41, 5.74) is 1.79. The molecule has 1 aliphatic heterocycles. The first-order valence-corrected chi connectivity index (χ1v) is 4.57. The second kappa shape index (κ2) is 3.67. The van der Waals surface area contributed by atoms with E-state index in [4.69, 9.17) is 5.11 Å². The highest BCUT2D eigenvalue weighted by Crippen LogP contribution is 2.28. The van der Waals surface area contributed by atoms with Gasteiger partial charge in [0.25, 0.3) is 0 Å². The van der Waals surface area contributed by atoms with E-state index in [2.05, 4.69) is 5.32 Å². The van der Waals surface area contributed by atoms with Crippen LogP contribution >= 0.6 is 0 Å². The van der Waals surface area contributed by atoms with Gasteiger partial charge in [0.05, 0.1) is 24.5 Å². The minimum atomic E-state index is -0.0138. The molecule has 14 heavy (non-hydrogen) atoms. The van der Waals surface area contributed by atoms with Crippen molar-refractivity contribution < 1.29 is 9.90 Å². The minimum Gasteiger partial charge on any atom is -0.395 e. The van der Waals surface area contributed by atoms with Crippen LogP contribution in [0.5, 0.6) is 0 Å². The summed E-state index contributed by atoms with van der Waals surface area (Å²) in [5, 5.41) is 11.9. The number of amides is 1. The van der Waals surface area contributed by atoms with E-state index >= 15 is 0 Å². The van der Waals surface area contributed by atoms with E-state index in [9.17, 15) is 4.79 Å². The molecule has 74 valence electrons. The topological polar surface area (TPSA) is 52.6 Å². The zero-order chi connectivity index (χ0) is 9.97. The Kier molecular flexibility index (Phi) is 2.37. The van der Waals surface area contributed by atoms with Crippen molar-refractivity contribution in [3.63, 3.8) is 0 Å². The van der Waals surface area contributed by atoms with Gasteiger partial charge in [-0.1, -0.05) is 12.1 Å². The Labute approximate surface area is 82.2 Å². The van der Waals surface area contributed by atoms with Crippen molar-refractivity contribution in [2.75, 3.05) is 29.9 Å². The first-order valence-electron chi connectivity index (χ1n) is 4.57. The van der Waals surface area contributed by atoms with Crippen molar-refractivity contribution in [1.29, 1.82) is 0 Å². The number of carbonyl (C=O) groups excluding carboxylic acids is 1. The van der Waals surface area contributed by atoms with Crippen LogP contribution in [0, 0.1) is 0 Å². The van der Waals surface area contributed by atoms with Gasteiger partial charge < -0.3 is 15.3 Å². The molecule has 1 aromatic carbocycles. The lowest BCUT2D eigenvalue weighted by atomic mass is 10.2. The van der Waals surface area contributed by atoms with Crippen LogP contribution in [0.3, 0.4) is 0 Å². The van der Waals surface area contributed by atoms with Gasteiger partial charge in [-0.3, -0.25) is 4.79 Å². The van der Waals surface area contributed by atoms with Gasteiger partial charge in [0.2, 0.25) is 5.91 Å². The molecule has 0 radical (unpaired) electrons. The zero-order valence-electron chi connectivity index (χ0n) is 7.73. The summed E-state index contributed by atoms with van der Waals surface area (Å²) in [6, 6.07) is 7.59. The molecule has 0 saturated carbocycles. The molecule has 0 atom stereocenters. The molecule has 0 bridgehead atoms. The minimum absolute atomic E-state index is 0.00208. The van der Waals surface area contributed by atoms with E-state index in [-0.39, 0.29) is 12.5 Å². The number of hydrogen-bond acceptors (Lipinski definition) is 3. The van der Waals surface area contributed by atoms with E-state index in [1.54, 1.807) is 4.90 Å². The molecule has 0 spiro atoms. The lowest BCUT2D eigenvalue weighted by Gasteiger charge is -2.29. The van der Waals surface area contributed by atoms with Crippen LogP contribution < -0.4 is 10.2 Å². The Balaban J connectivity index is 2.36. The number of anilines is 2. The first-order chi connectivity index (χ1) is 6.83. The summed E-state index contributed by atoms with van der Waals surface area (Å²) in [5.74, 6) is -0.00208. The molecule has 0 fully saturated rings. The van der Waals surface area contributed by atoms with Crippen LogP contribution in [-0.4, -0.2) is 30.7 Å². The van der Waals surface area contributed by atoms with E-state index in [0.29, 0.717) is 13.1 Å². The Hall–Kier alpha value is -1.55. The van der Waals surface area contributed by atoms with Gasteiger partial charge in [-0.15, -0.1) is 0 Å². The Morgan fingerprint density at radius 2 is 2.21 bits per heavy atom. The second-order valence-electron chi connectivity index (χ2n) is 3.14. The zero-order valence-corrected chi connectivity index (χ0v) is 7.73. The van der Waals surface area contributed by atoms with Crippen LogP contribution in [0.25, 0.3) is 0 Å². The summed E-state index contributed by atoms with van der Waals surface area (Å²) in [6.45, 7) is 0.647. The molecule has 4 heteroatoms. The fraction of sp³-hybridized carbons (Fsp3) is 0.300. The average molecular weight is 192 g/mol. The number of β-amino-alcohol motifs (C(OH)–C–C–N with tert-alkyl or cyclic N) is 1. The highest BCUT2D eigenvalue weighted by atomic mass is 16.3. The van der Waals surface area contributed by atoms with Crippen LogP contribution in [0.1, 0.15) is 0 Å². The highest BCUT2D eigenvalue weighted by molar-refractivity contribution is 6.02. The van der Waals surface area contributed by atoms with Gasteiger partial charge in [-0.05, 0) is 12.1 Å².